The van der Waals surface area contributed by atoms with Gasteiger partial charge in [-0.05, 0) is 44.0 Å². The van der Waals surface area contributed by atoms with Crippen molar-refractivity contribution >= 4 is 0 Å². The molecule has 2 aliphatic rings. The van der Waals surface area contributed by atoms with Crippen molar-refractivity contribution in [3.63, 3.8) is 0 Å². The van der Waals surface area contributed by atoms with Crippen LogP contribution in [-0.2, 0) is 6.42 Å². The van der Waals surface area contributed by atoms with Gasteiger partial charge in [0.25, 0.3) is 0 Å². The van der Waals surface area contributed by atoms with E-state index in [-0.39, 0.29) is 6.04 Å². The average Bonchev–Trinajstić information content (AvgIpc) is 2.95. The van der Waals surface area contributed by atoms with Gasteiger partial charge in [0.1, 0.15) is 5.75 Å². The van der Waals surface area contributed by atoms with E-state index in [9.17, 15) is 0 Å². The normalized spacial score (nSPS) is 27.1. The first-order valence-electron chi connectivity index (χ1n) is 7.51. The first-order valence-corrected chi connectivity index (χ1v) is 7.51. The Morgan fingerprint density at radius 3 is 2.84 bits per heavy atom. The van der Waals surface area contributed by atoms with Crippen LogP contribution in [0, 0.1) is 5.92 Å². The van der Waals surface area contributed by atoms with E-state index in [0.29, 0.717) is 5.92 Å². The van der Waals surface area contributed by atoms with Gasteiger partial charge in [-0.3, -0.25) is 0 Å². The molecular formula is C16H24N2O. The third-order valence-electron chi connectivity index (χ3n) is 4.49. The minimum atomic E-state index is 0.121. The van der Waals surface area contributed by atoms with Crippen molar-refractivity contribution in [3.8, 4) is 5.75 Å². The van der Waals surface area contributed by atoms with Crippen LogP contribution in [0.15, 0.2) is 18.2 Å². The van der Waals surface area contributed by atoms with Gasteiger partial charge in [0.2, 0.25) is 0 Å². The van der Waals surface area contributed by atoms with Gasteiger partial charge in [0.05, 0.1) is 6.61 Å². The van der Waals surface area contributed by atoms with E-state index in [1.165, 1.54) is 37.1 Å². The summed E-state index contributed by atoms with van der Waals surface area (Å²) < 4.78 is 5.91. The van der Waals surface area contributed by atoms with Crippen LogP contribution < -0.4 is 10.5 Å². The Morgan fingerprint density at radius 1 is 1.32 bits per heavy atom. The van der Waals surface area contributed by atoms with Crippen LogP contribution in [-0.4, -0.2) is 31.1 Å². The summed E-state index contributed by atoms with van der Waals surface area (Å²) in [6.45, 7) is 6.47. The Labute approximate surface area is 115 Å². The summed E-state index contributed by atoms with van der Waals surface area (Å²) in [7, 11) is 0. The molecule has 0 aliphatic carbocycles. The maximum Gasteiger partial charge on any atom is 0.124 e. The minimum Gasteiger partial charge on any atom is -0.493 e. The largest absolute Gasteiger partial charge is 0.493 e. The number of rotatable bonds is 3. The minimum absolute atomic E-state index is 0.121. The molecule has 0 radical (unpaired) electrons. The number of likely N-dealkylation sites (tertiary alicyclic amines) is 1. The predicted molar refractivity (Wildman–Crippen MR) is 77.4 cm³/mol. The van der Waals surface area contributed by atoms with Gasteiger partial charge >= 0.3 is 0 Å². The molecule has 19 heavy (non-hydrogen) atoms. The first-order chi connectivity index (χ1) is 9.28. The van der Waals surface area contributed by atoms with Crippen LogP contribution in [0.4, 0.5) is 0 Å². The maximum atomic E-state index is 6.49. The highest BCUT2D eigenvalue weighted by molar-refractivity contribution is 5.41. The van der Waals surface area contributed by atoms with Crippen LogP contribution >= 0.6 is 0 Å². The number of aryl methyl sites for hydroxylation is 1. The fourth-order valence-electron chi connectivity index (χ4n) is 3.23. The standard InChI is InChI=1S/C16H24N2O/c1-2-12-5-6-15-14(9-12)16(17)13(11-19-15)10-18-7-3-4-8-18/h5-6,9,13,16H,2-4,7-8,10-11,17H2,1H3. The molecule has 3 nitrogen and oxygen atoms in total. The van der Waals surface area contributed by atoms with Gasteiger partial charge in [-0.1, -0.05) is 19.1 Å². The van der Waals surface area contributed by atoms with Crippen molar-refractivity contribution in [3.05, 3.63) is 29.3 Å². The number of fused-ring (bicyclic) bond motifs is 1. The monoisotopic (exact) mass is 260 g/mol. The molecule has 0 saturated carbocycles. The second kappa shape index (κ2) is 5.51. The summed E-state index contributed by atoms with van der Waals surface area (Å²) in [5.41, 5.74) is 9.04. The molecule has 1 fully saturated rings. The quantitative estimate of drug-likeness (QED) is 0.906. The fourth-order valence-corrected chi connectivity index (χ4v) is 3.23. The molecule has 1 saturated heterocycles. The van der Waals surface area contributed by atoms with E-state index < -0.39 is 0 Å². The lowest BCUT2D eigenvalue weighted by molar-refractivity contribution is 0.151. The first kappa shape index (κ1) is 12.9. The molecule has 0 spiro atoms. The molecule has 0 bridgehead atoms. The van der Waals surface area contributed by atoms with Gasteiger partial charge in [-0.25, -0.2) is 0 Å². The highest BCUT2D eigenvalue weighted by atomic mass is 16.5. The number of ether oxygens (including phenoxy) is 1. The van der Waals surface area contributed by atoms with Crippen molar-refractivity contribution in [2.45, 2.75) is 32.2 Å². The zero-order valence-corrected chi connectivity index (χ0v) is 11.8. The number of benzene rings is 1. The highest BCUT2D eigenvalue weighted by Crippen LogP contribution is 2.35. The molecule has 2 atom stereocenters. The Kier molecular flexibility index (Phi) is 3.76. The topological polar surface area (TPSA) is 38.5 Å². The number of hydrogen-bond donors (Lipinski definition) is 1. The van der Waals surface area contributed by atoms with Gasteiger partial charge in [0.15, 0.2) is 0 Å². The van der Waals surface area contributed by atoms with E-state index in [4.69, 9.17) is 10.5 Å². The Bertz CT molecular complexity index is 440. The molecule has 0 aromatic heterocycles. The number of nitrogens with zero attached hydrogens (tertiary/aromatic N) is 1. The van der Waals surface area contributed by atoms with E-state index in [0.717, 1.165) is 25.3 Å². The van der Waals surface area contributed by atoms with Crippen molar-refractivity contribution < 1.29 is 4.74 Å². The second-order valence-corrected chi connectivity index (χ2v) is 5.83. The van der Waals surface area contributed by atoms with Crippen molar-refractivity contribution in [1.29, 1.82) is 0 Å². The lowest BCUT2D eigenvalue weighted by Gasteiger charge is -2.34. The average molecular weight is 260 g/mol. The van der Waals surface area contributed by atoms with E-state index in [1.807, 2.05) is 0 Å². The Balaban J connectivity index is 1.75. The molecule has 104 valence electrons. The summed E-state index contributed by atoms with van der Waals surface area (Å²) in [4.78, 5) is 2.53. The molecule has 3 heteroatoms. The van der Waals surface area contributed by atoms with Crippen LogP contribution in [0.5, 0.6) is 5.75 Å². The maximum absolute atomic E-state index is 6.49. The van der Waals surface area contributed by atoms with E-state index >= 15 is 0 Å². The van der Waals surface area contributed by atoms with Gasteiger partial charge in [-0.2, -0.15) is 0 Å². The Morgan fingerprint density at radius 2 is 2.11 bits per heavy atom. The van der Waals surface area contributed by atoms with Crippen molar-refractivity contribution in [1.82, 2.24) is 4.90 Å². The molecule has 1 aromatic carbocycles. The lowest BCUT2D eigenvalue weighted by Crippen LogP contribution is -2.39. The van der Waals surface area contributed by atoms with Gasteiger partial charge in [-0.15, -0.1) is 0 Å². The summed E-state index contributed by atoms with van der Waals surface area (Å²) >= 11 is 0. The zero-order chi connectivity index (χ0) is 13.2. The molecule has 1 aromatic rings. The lowest BCUT2D eigenvalue weighted by atomic mass is 9.89. The van der Waals surface area contributed by atoms with Crippen LogP contribution in [0.25, 0.3) is 0 Å². The predicted octanol–water partition coefficient (Wildman–Crippen LogP) is 2.35. The van der Waals surface area contributed by atoms with Crippen LogP contribution in [0.1, 0.15) is 36.9 Å². The van der Waals surface area contributed by atoms with Gasteiger partial charge in [0, 0.05) is 24.1 Å². The highest BCUT2D eigenvalue weighted by Gasteiger charge is 2.30. The third kappa shape index (κ3) is 2.63. The molecule has 0 amide bonds. The van der Waals surface area contributed by atoms with E-state index in [1.54, 1.807) is 0 Å². The van der Waals surface area contributed by atoms with Crippen molar-refractivity contribution in [2.75, 3.05) is 26.2 Å². The molecule has 3 rings (SSSR count). The van der Waals surface area contributed by atoms with E-state index in [2.05, 4.69) is 30.0 Å². The SMILES string of the molecule is CCc1ccc2c(c1)C(N)C(CN1CCCC1)CO2. The fraction of sp³-hybridized carbons (Fsp3) is 0.625. The number of nitrogens with two attached hydrogens (primary N) is 1. The molecule has 2 unspecified atom stereocenters. The second-order valence-electron chi connectivity index (χ2n) is 5.83. The van der Waals surface area contributed by atoms with Crippen LogP contribution in [0.2, 0.25) is 0 Å². The molecule has 2 heterocycles. The van der Waals surface area contributed by atoms with Gasteiger partial charge < -0.3 is 15.4 Å². The number of hydrogen-bond acceptors (Lipinski definition) is 3. The smallest absolute Gasteiger partial charge is 0.124 e. The summed E-state index contributed by atoms with van der Waals surface area (Å²) in [5, 5.41) is 0. The Hall–Kier alpha value is -1.06. The molecule has 2 aliphatic heterocycles. The summed E-state index contributed by atoms with van der Waals surface area (Å²) in [5.74, 6) is 1.42. The summed E-state index contributed by atoms with van der Waals surface area (Å²) in [6.07, 6.45) is 3.72. The molecule has 2 N–H and O–H groups in total. The third-order valence-corrected chi connectivity index (χ3v) is 4.49. The van der Waals surface area contributed by atoms with Crippen LogP contribution in [0.3, 0.4) is 0 Å². The molecular weight excluding hydrogens is 236 g/mol. The zero-order valence-electron chi connectivity index (χ0n) is 11.8. The van der Waals surface area contributed by atoms with Crippen molar-refractivity contribution in [2.24, 2.45) is 11.7 Å². The summed E-state index contributed by atoms with van der Waals surface area (Å²) in [6, 6.07) is 6.58.